The molecule has 2 aromatic rings. The molecule has 1 aliphatic carbocycles. The molecule has 0 radical (unpaired) electrons. The van der Waals surface area contributed by atoms with Gasteiger partial charge in [0.2, 0.25) is 10.0 Å². The number of sulfonamides is 1. The van der Waals surface area contributed by atoms with Gasteiger partial charge in [0.15, 0.2) is 0 Å². The summed E-state index contributed by atoms with van der Waals surface area (Å²) in [6, 6.07) is 8.46. The van der Waals surface area contributed by atoms with Crippen molar-refractivity contribution < 1.29 is 8.42 Å². The number of hydrogen-bond acceptors (Lipinski definition) is 5. The number of anilines is 1. The van der Waals surface area contributed by atoms with E-state index in [1.807, 2.05) is 0 Å². The van der Waals surface area contributed by atoms with Gasteiger partial charge in [0, 0.05) is 11.4 Å². The van der Waals surface area contributed by atoms with Gasteiger partial charge < -0.3 is 5.43 Å². The molecule has 0 saturated heterocycles. The molecule has 1 fully saturated rings. The van der Waals surface area contributed by atoms with E-state index in [-0.39, 0.29) is 10.9 Å². The Bertz CT molecular complexity index is 741. The van der Waals surface area contributed by atoms with Crippen molar-refractivity contribution in [3.8, 4) is 0 Å². The molecule has 0 amide bonds. The highest BCUT2D eigenvalue weighted by atomic mass is 32.2. The van der Waals surface area contributed by atoms with Crippen molar-refractivity contribution in [2.45, 2.75) is 30.2 Å². The van der Waals surface area contributed by atoms with Crippen LogP contribution in [0.5, 0.6) is 0 Å². The van der Waals surface area contributed by atoms with Crippen LogP contribution in [0, 0.1) is 0 Å². The van der Waals surface area contributed by atoms with Crippen LogP contribution in [-0.4, -0.2) is 19.4 Å². The SMILES string of the molecule is NNc1ccc2cc(S(=O)(=O)NC3CCC3)ccc2n1. The summed E-state index contributed by atoms with van der Waals surface area (Å²) >= 11 is 0. The van der Waals surface area contributed by atoms with Gasteiger partial charge in [0.25, 0.3) is 0 Å². The summed E-state index contributed by atoms with van der Waals surface area (Å²) < 4.78 is 27.2. The summed E-state index contributed by atoms with van der Waals surface area (Å²) in [5, 5.41) is 0.764. The van der Waals surface area contributed by atoms with Crippen molar-refractivity contribution in [1.82, 2.24) is 9.71 Å². The number of nitrogens with two attached hydrogens (primary N) is 1. The molecule has 1 heterocycles. The summed E-state index contributed by atoms with van der Waals surface area (Å²) in [7, 11) is -3.45. The molecule has 0 spiro atoms. The first-order valence-electron chi connectivity index (χ1n) is 6.48. The van der Waals surface area contributed by atoms with Crippen LogP contribution in [0.2, 0.25) is 0 Å². The molecule has 20 heavy (non-hydrogen) atoms. The highest BCUT2D eigenvalue weighted by Crippen LogP contribution is 2.23. The molecular formula is C13H16N4O2S. The molecule has 0 atom stereocenters. The maximum Gasteiger partial charge on any atom is 0.240 e. The van der Waals surface area contributed by atoms with Gasteiger partial charge in [0.1, 0.15) is 5.82 Å². The highest BCUT2D eigenvalue weighted by molar-refractivity contribution is 7.89. The Balaban J connectivity index is 1.95. The number of nitrogen functional groups attached to an aromatic ring is 1. The Morgan fingerprint density at radius 3 is 2.65 bits per heavy atom. The molecule has 3 rings (SSSR count). The first kappa shape index (κ1) is 13.3. The van der Waals surface area contributed by atoms with Crippen molar-refractivity contribution in [2.75, 3.05) is 5.43 Å². The lowest BCUT2D eigenvalue weighted by atomic mass is 9.94. The molecule has 1 saturated carbocycles. The number of rotatable bonds is 4. The van der Waals surface area contributed by atoms with Crippen LogP contribution < -0.4 is 16.0 Å². The van der Waals surface area contributed by atoms with Crippen molar-refractivity contribution in [3.05, 3.63) is 30.3 Å². The number of pyridine rings is 1. The normalized spacial score (nSPS) is 16.1. The third kappa shape index (κ3) is 2.47. The van der Waals surface area contributed by atoms with E-state index in [1.54, 1.807) is 30.3 Å². The van der Waals surface area contributed by atoms with E-state index in [0.717, 1.165) is 24.6 Å². The lowest BCUT2D eigenvalue weighted by Crippen LogP contribution is -2.39. The fraction of sp³-hybridized carbons (Fsp3) is 0.308. The Morgan fingerprint density at radius 2 is 2.00 bits per heavy atom. The molecule has 106 valence electrons. The smallest absolute Gasteiger partial charge is 0.240 e. The number of hydrogen-bond donors (Lipinski definition) is 3. The Labute approximate surface area is 117 Å². The number of benzene rings is 1. The van der Waals surface area contributed by atoms with Gasteiger partial charge in [-0.3, -0.25) is 0 Å². The maximum absolute atomic E-state index is 12.2. The predicted octanol–water partition coefficient (Wildman–Crippen LogP) is 1.35. The van der Waals surface area contributed by atoms with Crippen LogP contribution in [0.25, 0.3) is 10.9 Å². The third-order valence-electron chi connectivity index (χ3n) is 3.55. The van der Waals surface area contributed by atoms with Crippen LogP contribution in [-0.2, 0) is 10.0 Å². The zero-order valence-corrected chi connectivity index (χ0v) is 11.7. The van der Waals surface area contributed by atoms with E-state index in [0.29, 0.717) is 11.3 Å². The van der Waals surface area contributed by atoms with Gasteiger partial charge in [-0.25, -0.2) is 24.0 Å². The van der Waals surface area contributed by atoms with Crippen molar-refractivity contribution in [3.63, 3.8) is 0 Å². The zero-order valence-electron chi connectivity index (χ0n) is 10.8. The third-order valence-corrected chi connectivity index (χ3v) is 5.06. The molecule has 4 N–H and O–H groups in total. The average Bonchev–Trinajstić information content (AvgIpc) is 2.42. The minimum absolute atomic E-state index is 0.0811. The lowest BCUT2D eigenvalue weighted by Gasteiger charge is -2.26. The number of hydrazine groups is 1. The molecule has 0 bridgehead atoms. The van der Waals surface area contributed by atoms with Crippen molar-refractivity contribution >= 4 is 26.7 Å². The van der Waals surface area contributed by atoms with Gasteiger partial charge in [0.05, 0.1) is 10.4 Å². The van der Waals surface area contributed by atoms with Crippen LogP contribution in [0.4, 0.5) is 5.82 Å². The van der Waals surface area contributed by atoms with E-state index in [2.05, 4.69) is 15.1 Å². The lowest BCUT2D eigenvalue weighted by molar-refractivity contribution is 0.383. The first-order chi connectivity index (χ1) is 9.58. The Morgan fingerprint density at radius 1 is 1.20 bits per heavy atom. The number of fused-ring (bicyclic) bond motifs is 1. The quantitative estimate of drug-likeness (QED) is 0.584. The average molecular weight is 292 g/mol. The monoisotopic (exact) mass is 292 g/mol. The van der Waals surface area contributed by atoms with E-state index in [4.69, 9.17) is 5.84 Å². The second kappa shape index (κ2) is 5.01. The molecule has 0 unspecified atom stereocenters. The number of nitrogens with one attached hydrogen (secondary N) is 2. The van der Waals surface area contributed by atoms with E-state index in [1.165, 1.54) is 0 Å². The standard InChI is InChI=1S/C13H16N4O2S/c14-16-13-7-4-9-8-11(5-6-12(9)15-13)20(18,19)17-10-2-1-3-10/h4-8,10,17H,1-3,14H2,(H,15,16). The summed E-state index contributed by atoms with van der Waals surface area (Å²) in [5.74, 6) is 5.84. The summed E-state index contributed by atoms with van der Waals surface area (Å²) in [4.78, 5) is 4.52. The van der Waals surface area contributed by atoms with Crippen LogP contribution in [0.1, 0.15) is 19.3 Å². The van der Waals surface area contributed by atoms with Crippen molar-refractivity contribution in [1.29, 1.82) is 0 Å². The van der Waals surface area contributed by atoms with Gasteiger partial charge in [-0.15, -0.1) is 0 Å². The summed E-state index contributed by atoms with van der Waals surface area (Å²) in [6.45, 7) is 0. The second-order valence-corrected chi connectivity index (χ2v) is 6.66. The fourth-order valence-corrected chi connectivity index (χ4v) is 3.50. The second-order valence-electron chi connectivity index (χ2n) is 4.94. The van der Waals surface area contributed by atoms with Gasteiger partial charge in [-0.1, -0.05) is 6.42 Å². The van der Waals surface area contributed by atoms with Gasteiger partial charge >= 0.3 is 0 Å². The minimum Gasteiger partial charge on any atom is -0.308 e. The van der Waals surface area contributed by atoms with Gasteiger partial charge in [-0.2, -0.15) is 0 Å². The van der Waals surface area contributed by atoms with E-state index < -0.39 is 10.0 Å². The van der Waals surface area contributed by atoms with E-state index >= 15 is 0 Å². The van der Waals surface area contributed by atoms with E-state index in [9.17, 15) is 8.42 Å². The molecule has 1 aliphatic rings. The molecular weight excluding hydrogens is 276 g/mol. The Kier molecular flexibility index (Phi) is 3.33. The molecule has 6 nitrogen and oxygen atoms in total. The summed E-state index contributed by atoms with van der Waals surface area (Å²) in [6.07, 6.45) is 2.92. The number of nitrogens with zero attached hydrogens (tertiary/aromatic N) is 1. The zero-order chi connectivity index (χ0) is 14.2. The van der Waals surface area contributed by atoms with Crippen LogP contribution in [0.15, 0.2) is 35.2 Å². The molecule has 1 aromatic heterocycles. The highest BCUT2D eigenvalue weighted by Gasteiger charge is 2.24. The maximum atomic E-state index is 12.2. The van der Waals surface area contributed by atoms with Crippen molar-refractivity contribution in [2.24, 2.45) is 5.84 Å². The minimum atomic E-state index is -3.45. The predicted molar refractivity (Wildman–Crippen MR) is 77.5 cm³/mol. The van der Waals surface area contributed by atoms with Crippen LogP contribution in [0.3, 0.4) is 0 Å². The summed E-state index contributed by atoms with van der Waals surface area (Å²) in [5.41, 5.74) is 3.16. The molecule has 0 aliphatic heterocycles. The number of aromatic nitrogens is 1. The first-order valence-corrected chi connectivity index (χ1v) is 7.96. The fourth-order valence-electron chi connectivity index (χ4n) is 2.16. The van der Waals surface area contributed by atoms with Gasteiger partial charge in [-0.05, 0) is 43.2 Å². The molecule has 1 aromatic carbocycles. The van der Waals surface area contributed by atoms with Crippen LogP contribution >= 0.6 is 0 Å². The Hall–Kier alpha value is -1.70. The topological polar surface area (TPSA) is 97.1 Å². The molecule has 7 heteroatoms. The largest absolute Gasteiger partial charge is 0.308 e.